The minimum atomic E-state index is -6.06. The molecule has 2 fully saturated rings. The quantitative estimate of drug-likeness (QED) is 0.0679. The molecule has 0 spiro atoms. The van der Waals surface area contributed by atoms with Crippen molar-refractivity contribution in [1.82, 2.24) is 0 Å². The van der Waals surface area contributed by atoms with Crippen molar-refractivity contribution in [3.63, 3.8) is 0 Å². The van der Waals surface area contributed by atoms with Gasteiger partial charge < -0.3 is 34.3 Å². The minimum Gasteiger partial charge on any atom is -0.465 e. The molecule has 0 amide bonds. The molecule has 7 unspecified atom stereocenters. The molecule has 32 heteroatoms. The van der Waals surface area contributed by atoms with Crippen LogP contribution in [0.4, 0.5) is 92.2 Å². The van der Waals surface area contributed by atoms with Gasteiger partial charge in [0.25, 0.3) is 16.8 Å². The first-order chi connectivity index (χ1) is 37.5. The van der Waals surface area contributed by atoms with Gasteiger partial charge in [0, 0.05) is 6.42 Å². The van der Waals surface area contributed by atoms with Crippen molar-refractivity contribution in [3.05, 3.63) is 0 Å². The Balaban J connectivity index is 0. The number of ether oxygens (including phenoxy) is 4. The highest BCUT2D eigenvalue weighted by molar-refractivity contribution is 5.79. The normalized spacial score (nSPS) is 21.6. The largest absolute Gasteiger partial charge is 0.465 e. The van der Waals surface area contributed by atoms with Gasteiger partial charge in [-0.25, -0.2) is 0 Å². The number of hydrogen-bond donors (Lipinski definition) is 3. The maximum Gasteiger partial charge on any atom is 0.430 e. The number of halogens is 21. The average Bonchev–Trinajstić information content (AvgIpc) is 2.79. The molecule has 7 atom stereocenters. The van der Waals surface area contributed by atoms with Gasteiger partial charge in [0.2, 0.25) is 0 Å². The Morgan fingerprint density at radius 2 is 0.860 bits per heavy atom. The summed E-state index contributed by atoms with van der Waals surface area (Å²) in [4.78, 5) is 47.7. The van der Waals surface area contributed by atoms with Crippen molar-refractivity contribution in [1.29, 1.82) is 0 Å². The van der Waals surface area contributed by atoms with E-state index in [1.54, 1.807) is 34.6 Å². The van der Waals surface area contributed by atoms with E-state index in [1.807, 2.05) is 13.8 Å². The average molecular weight is 1310 g/mol. The number of fused-ring (bicyclic) bond motifs is 2. The molecule has 2 aliphatic carbocycles. The fraction of sp³-hybridized carbons (Fsp3) is 0.926. The second-order valence-electron chi connectivity index (χ2n) is 25.5. The van der Waals surface area contributed by atoms with Gasteiger partial charge in [0.15, 0.2) is 16.6 Å². The number of hydrogen-bond acceptors (Lipinski definition) is 11. The Morgan fingerprint density at radius 1 is 0.500 bits per heavy atom. The number of alkyl halides is 21. The Bertz CT molecular complexity index is 2180. The van der Waals surface area contributed by atoms with Crippen molar-refractivity contribution >= 4 is 23.9 Å². The number of carbonyl (C=O) groups is 4. The van der Waals surface area contributed by atoms with Crippen LogP contribution >= 0.6 is 0 Å². The smallest absolute Gasteiger partial charge is 0.430 e. The maximum atomic E-state index is 13.1. The van der Waals surface area contributed by atoms with E-state index in [1.165, 1.54) is 48.5 Å². The topological polar surface area (TPSA) is 166 Å². The first-order valence-corrected chi connectivity index (χ1v) is 27.0. The van der Waals surface area contributed by atoms with E-state index in [-0.39, 0.29) is 55.5 Å². The van der Waals surface area contributed by atoms with Gasteiger partial charge in [-0.05, 0) is 143 Å². The van der Waals surface area contributed by atoms with Gasteiger partial charge in [-0.1, -0.05) is 62.3 Å². The van der Waals surface area contributed by atoms with Crippen LogP contribution in [0, 0.1) is 57.2 Å². The Hall–Kier alpha value is -3.71. The molecular weight excluding hydrogens is 1220 g/mol. The highest BCUT2D eigenvalue weighted by Gasteiger charge is 2.80. The molecule has 0 aliphatic heterocycles. The number of esters is 4. The molecule has 11 nitrogen and oxygen atoms in total. The van der Waals surface area contributed by atoms with Gasteiger partial charge in [-0.3, -0.25) is 19.2 Å². The molecule has 3 N–H and O–H groups in total. The van der Waals surface area contributed by atoms with Crippen LogP contribution in [0.2, 0.25) is 0 Å². The highest BCUT2D eigenvalue weighted by atomic mass is 19.4. The minimum absolute atomic E-state index is 0.0184. The molecule has 0 aromatic rings. The van der Waals surface area contributed by atoms with Crippen molar-refractivity contribution in [3.8, 4) is 0 Å². The maximum absolute atomic E-state index is 13.1. The molecule has 2 bridgehead atoms. The fourth-order valence-electron chi connectivity index (χ4n) is 9.03. The van der Waals surface area contributed by atoms with Gasteiger partial charge in [-0.2, -0.15) is 92.2 Å². The fourth-order valence-corrected chi connectivity index (χ4v) is 9.03. The summed E-state index contributed by atoms with van der Waals surface area (Å²) < 4.78 is 289. The van der Waals surface area contributed by atoms with Crippen molar-refractivity contribution in [2.24, 2.45) is 57.2 Å². The van der Waals surface area contributed by atoms with E-state index in [0.29, 0.717) is 52.9 Å². The number of carbonyl (C=O) groups excluding carboxylic acids is 4. The first-order valence-electron chi connectivity index (χ1n) is 27.0. The highest BCUT2D eigenvalue weighted by Crippen LogP contribution is 2.62. The Kier molecular flexibility index (Phi) is 27.3. The summed E-state index contributed by atoms with van der Waals surface area (Å²) in [6, 6.07) is 0. The third-order valence-corrected chi connectivity index (χ3v) is 16.5. The molecule has 0 aromatic heterocycles. The van der Waals surface area contributed by atoms with Crippen LogP contribution in [0.25, 0.3) is 0 Å². The lowest BCUT2D eigenvalue weighted by atomic mass is 9.66. The van der Waals surface area contributed by atoms with Gasteiger partial charge in [-0.15, -0.1) is 0 Å². The SMILES string of the molecule is CC1C2CC(C1C)C(C)(C(=O)OC(C)(C)C(O)(C(F)(F)F)C(F)(F)F)C2.CCC(C)(C(=O)OCC(C)C)C(F)(F)F.CCC(C)(C)C(=O)OC(C)(C)C(O)(C(F)(F)F)C(F)(F)F.CCC(C)(C)C(=O)OC(CC(C)C)CC(O)(C(F)(F)F)C(F)(F)F. The molecule has 0 heterocycles. The van der Waals surface area contributed by atoms with Crippen LogP contribution in [-0.2, 0) is 38.1 Å². The molecule has 2 saturated carbocycles. The van der Waals surface area contributed by atoms with E-state index in [9.17, 15) is 127 Å². The summed E-state index contributed by atoms with van der Waals surface area (Å²) in [5.74, 6) is -4.33. The van der Waals surface area contributed by atoms with Crippen LogP contribution in [0.5, 0.6) is 0 Å². The molecule has 512 valence electrons. The lowest BCUT2D eigenvalue weighted by molar-refractivity contribution is -0.409. The molecule has 2 rings (SSSR count). The summed E-state index contributed by atoms with van der Waals surface area (Å²) in [6.07, 6.45) is -43.3. The Morgan fingerprint density at radius 3 is 1.14 bits per heavy atom. The van der Waals surface area contributed by atoms with Gasteiger partial charge in [0.1, 0.15) is 6.10 Å². The summed E-state index contributed by atoms with van der Waals surface area (Å²) in [5, 5.41) is 28.2. The third-order valence-electron chi connectivity index (χ3n) is 16.5. The van der Waals surface area contributed by atoms with E-state index in [0.717, 1.165) is 6.92 Å². The van der Waals surface area contributed by atoms with Crippen molar-refractivity contribution in [2.45, 2.75) is 254 Å². The van der Waals surface area contributed by atoms with Gasteiger partial charge >= 0.3 is 67.1 Å². The molecule has 0 saturated heterocycles. The molecule has 0 radical (unpaired) electrons. The van der Waals surface area contributed by atoms with Crippen LogP contribution < -0.4 is 0 Å². The van der Waals surface area contributed by atoms with Crippen LogP contribution in [0.3, 0.4) is 0 Å². The zero-order valence-corrected chi connectivity index (χ0v) is 51.2. The monoisotopic (exact) mass is 1310 g/mol. The number of aliphatic hydroxyl groups is 3. The van der Waals surface area contributed by atoms with Gasteiger partial charge in [0.05, 0.1) is 22.9 Å². The predicted molar refractivity (Wildman–Crippen MR) is 267 cm³/mol. The van der Waals surface area contributed by atoms with Crippen LogP contribution in [-0.4, -0.2) is 123 Å². The van der Waals surface area contributed by atoms with E-state index in [4.69, 9.17) is 9.47 Å². The molecule has 86 heavy (non-hydrogen) atoms. The zero-order valence-electron chi connectivity index (χ0n) is 51.2. The lowest BCUT2D eigenvalue weighted by Crippen LogP contribution is -2.70. The molecule has 2 aliphatic rings. The van der Waals surface area contributed by atoms with Crippen LogP contribution in [0.1, 0.15) is 176 Å². The summed E-state index contributed by atoms with van der Waals surface area (Å²) in [5.41, 5.74) is -27.6. The first kappa shape index (κ1) is 84.4. The summed E-state index contributed by atoms with van der Waals surface area (Å²) >= 11 is 0. The second kappa shape index (κ2) is 27.8. The third kappa shape index (κ3) is 18.5. The lowest BCUT2D eigenvalue weighted by Gasteiger charge is -2.46. The second-order valence-corrected chi connectivity index (χ2v) is 25.5. The number of rotatable bonds is 18. The predicted octanol–water partition coefficient (Wildman–Crippen LogP) is 15.9. The Labute approximate surface area is 486 Å². The zero-order chi connectivity index (χ0) is 69.8. The van der Waals surface area contributed by atoms with Crippen LogP contribution in [0.15, 0.2) is 0 Å². The van der Waals surface area contributed by atoms with Crippen molar-refractivity contribution in [2.75, 3.05) is 6.61 Å². The standard InChI is InChI=1S/C17H24F6O3.C15H24F6O3.C12H18F6O3.C10H17F3O2/c1-8-9(2)11-6-10(8)7-14(11,5)12(24)26-13(3,4)15(25,16(18,19)20)17(21,22)23;1-6-12(4,5)11(22)24-10(7-9(2)3)8-13(23,14(16,17)18)15(19,20)21;1-6-8(2,3)7(19)21-9(4,5)10(20,11(13,14)15)12(16,17)18;1-5-9(4,10(11,12)13)8(14)15-6-7(2)3/h8-11,25H,6-7H2,1-5H3;9-10,23H,6-8H2,1-5H3;20H,6H2,1-5H3;7H,5-6H2,1-4H3. The van der Waals surface area contributed by atoms with E-state index >= 15 is 0 Å². The molecule has 0 aromatic carbocycles. The van der Waals surface area contributed by atoms with Crippen molar-refractivity contribution < 1.29 is 146 Å². The summed E-state index contributed by atoms with van der Waals surface area (Å²) in [6.45, 7) is 24.7. The summed E-state index contributed by atoms with van der Waals surface area (Å²) in [7, 11) is 0. The van der Waals surface area contributed by atoms with E-state index in [2.05, 4.69) is 9.47 Å². The molecular formula is C54H83F21O11. The van der Waals surface area contributed by atoms with E-state index < -0.39 is 129 Å².